The molecular formula is C94H137N9O24. The highest BCUT2D eigenvalue weighted by Gasteiger charge is 2.55. The number of oxazole rings is 1. The molecule has 3 amide bonds. The van der Waals surface area contributed by atoms with Crippen LogP contribution >= 0.6 is 0 Å². The minimum Gasteiger partial charge on any atom is -0.460 e. The van der Waals surface area contributed by atoms with Crippen molar-refractivity contribution < 1.29 is 115 Å². The molecule has 6 N–H and O–H groups in total. The van der Waals surface area contributed by atoms with Crippen molar-refractivity contribution >= 4 is 63.4 Å². The van der Waals surface area contributed by atoms with Gasteiger partial charge in [-0.05, 0) is 148 Å². The van der Waals surface area contributed by atoms with E-state index in [9.17, 15) is 44.1 Å². The van der Waals surface area contributed by atoms with Crippen molar-refractivity contribution in [3.63, 3.8) is 0 Å². The quantitative estimate of drug-likeness (QED) is 0.0107. The summed E-state index contributed by atoms with van der Waals surface area (Å²) in [6, 6.07) is 10.9. The smallest absolute Gasteiger partial charge is 0.407 e. The number of anilines is 1. The van der Waals surface area contributed by atoms with Crippen LogP contribution in [0.4, 0.5) is 10.6 Å². The molecule has 33 nitrogen and oxygen atoms in total. The van der Waals surface area contributed by atoms with E-state index in [1.807, 2.05) is 92.8 Å². The molecule has 3 aromatic heterocycles. The van der Waals surface area contributed by atoms with Crippen molar-refractivity contribution in [3.05, 3.63) is 113 Å². The van der Waals surface area contributed by atoms with Crippen LogP contribution in [-0.2, 0) is 110 Å². The van der Waals surface area contributed by atoms with Crippen molar-refractivity contribution in [2.24, 2.45) is 35.5 Å². The first-order valence-corrected chi connectivity index (χ1v) is 45.2. The van der Waals surface area contributed by atoms with Crippen LogP contribution in [0.25, 0.3) is 33.4 Å². The number of methoxy groups -OCH3 is 3. The summed E-state index contributed by atoms with van der Waals surface area (Å²) in [5.41, 5.74) is 14.6. The Kier molecular flexibility index (Phi) is 40.7. The van der Waals surface area contributed by atoms with Crippen molar-refractivity contribution in [1.29, 1.82) is 0 Å². The lowest BCUT2D eigenvalue weighted by molar-refractivity contribution is -0.231. The van der Waals surface area contributed by atoms with Crippen LogP contribution in [0.2, 0.25) is 0 Å². The number of nitrogens with one attached hydrogen (secondary N) is 1. The number of cyclic esters (lactones) is 1. The van der Waals surface area contributed by atoms with Crippen molar-refractivity contribution in [2.75, 3.05) is 152 Å². The number of hydrogen-bond donors (Lipinski definition) is 5. The molecule has 4 aliphatic heterocycles. The number of nitrogens with zero attached hydrogens (tertiary/aromatic N) is 7. The van der Waals surface area contributed by atoms with E-state index in [1.165, 1.54) is 23.9 Å². The van der Waals surface area contributed by atoms with Gasteiger partial charge < -0.3 is 107 Å². The number of nitrogen functional groups attached to an aromatic ring is 1. The van der Waals surface area contributed by atoms with Gasteiger partial charge in [0.05, 0.1) is 148 Å². The van der Waals surface area contributed by atoms with Crippen LogP contribution in [0.3, 0.4) is 0 Å². The monoisotopic (exact) mass is 1780 g/mol. The van der Waals surface area contributed by atoms with Gasteiger partial charge in [0, 0.05) is 90.6 Å². The summed E-state index contributed by atoms with van der Waals surface area (Å²) in [6.45, 7) is 22.3. The lowest BCUT2D eigenvalue weighted by atomic mass is 9.78. The number of esters is 1. The van der Waals surface area contributed by atoms with Gasteiger partial charge >= 0.3 is 17.8 Å². The molecule has 16 atom stereocenters. The number of ketones is 2. The van der Waals surface area contributed by atoms with Gasteiger partial charge in [0.2, 0.25) is 11.7 Å². The maximum absolute atomic E-state index is 14.9. The maximum Gasteiger partial charge on any atom is 0.407 e. The third kappa shape index (κ3) is 29.6. The largest absolute Gasteiger partial charge is 0.460 e. The average Bonchev–Trinajstić information content (AvgIpc) is 1.64. The molecule has 2 bridgehead atoms. The highest BCUT2D eigenvalue weighted by molar-refractivity contribution is 6.09. The van der Waals surface area contributed by atoms with E-state index < -0.39 is 108 Å². The van der Waals surface area contributed by atoms with Crippen molar-refractivity contribution in [1.82, 2.24) is 39.8 Å². The lowest BCUT2D eigenvalue weighted by Crippen LogP contribution is -2.62. The van der Waals surface area contributed by atoms with Crippen LogP contribution in [0, 0.1) is 42.4 Å². The van der Waals surface area contributed by atoms with Crippen LogP contribution < -0.4 is 11.1 Å². The zero-order chi connectivity index (χ0) is 90.9. The molecular weight excluding hydrogens is 1640 g/mol. The molecule has 1 unspecified atom stereocenters. The molecule has 1 saturated carbocycles. The number of carbonyl (C=O) groups excluding carboxylic acids is 6. The first kappa shape index (κ1) is 101. The number of aromatic nitrogens is 5. The molecule has 0 radical (unpaired) electrons. The molecule has 127 heavy (non-hydrogen) atoms. The normalized spacial score (nSPS) is 27.6. The third-order valence-corrected chi connectivity index (χ3v) is 24.6. The zero-order valence-corrected chi connectivity index (χ0v) is 76.0. The number of piperidine rings is 1. The lowest BCUT2D eigenvalue weighted by Gasteiger charge is -2.40. The molecule has 3 fully saturated rings. The van der Waals surface area contributed by atoms with E-state index in [-0.39, 0.29) is 68.9 Å². The molecule has 2 saturated heterocycles. The number of allylic oxidation sites excluding steroid dienone is 5. The van der Waals surface area contributed by atoms with Gasteiger partial charge in [-0.15, -0.1) is 0 Å². The number of aliphatic hydroxyl groups is 3. The summed E-state index contributed by atoms with van der Waals surface area (Å²) >= 11 is 0. The number of aryl methyl sites for hydroxylation is 1. The second-order valence-electron chi connectivity index (χ2n) is 34.3. The van der Waals surface area contributed by atoms with Gasteiger partial charge in [0.15, 0.2) is 22.9 Å². The maximum atomic E-state index is 14.9. The van der Waals surface area contributed by atoms with Gasteiger partial charge in [0.25, 0.3) is 5.91 Å². The minimum atomic E-state index is -2.90. The Morgan fingerprint density at radius 1 is 0.693 bits per heavy atom. The van der Waals surface area contributed by atoms with E-state index >= 15 is 0 Å². The van der Waals surface area contributed by atoms with Crippen LogP contribution in [-0.4, -0.2) is 293 Å². The van der Waals surface area contributed by atoms with Gasteiger partial charge in [-0.2, -0.15) is 5.10 Å². The number of Topliss-reactive ketones (excluding diaryl/α,β-unsaturated/α-hetero) is 2. The molecule has 5 aliphatic rings. The number of fused-ring (bicyclic) bond motifs is 6. The number of rotatable bonds is 37. The summed E-state index contributed by atoms with van der Waals surface area (Å²) in [7, 11) is 4.51. The predicted octanol–water partition coefficient (Wildman–Crippen LogP) is 9.70. The minimum absolute atomic E-state index is 0.00194. The highest BCUT2D eigenvalue weighted by Crippen LogP contribution is 2.39. The SMILES string of the molecule is CO[C@H]1C[C@@H]2CC[C@@H](C)C(=O)C(O)(O2)C(=O)N2CCCC[C@H]2C(=O)O[C@H]([C@H](C)C[C@@H]2CC[C@@H](OC(=O)NCCOCCOCCOCCOCCOCCOCCOCCOCCC(=O)N3CCc4cc(Cn5nc(-c6ccc7oc(C)nc7c6)c6c(N)ncnc65)ccc4C3)[C@H](OC)C2)C[C@@H](O)[C@H](C)/C=C(\C)[C@@H](O)[C@@H](OC)C(=O)[C@H](C)C[C@H](C)/C=C/C=C/C=C/1C. The molecule has 1 aliphatic carbocycles. The van der Waals surface area contributed by atoms with Crippen LogP contribution in [0.15, 0.2) is 94.7 Å². The Morgan fingerprint density at radius 2 is 1.37 bits per heavy atom. The summed E-state index contributed by atoms with van der Waals surface area (Å²) < 4.78 is 88.9. The Morgan fingerprint density at radius 3 is 2.04 bits per heavy atom. The fourth-order valence-corrected chi connectivity index (χ4v) is 17.4. The second-order valence-corrected chi connectivity index (χ2v) is 34.3. The highest BCUT2D eigenvalue weighted by atomic mass is 16.6. The number of carbonyl (C=O) groups is 6. The number of amides is 3. The number of aliphatic hydroxyl groups excluding tert-OH is 2. The van der Waals surface area contributed by atoms with E-state index in [2.05, 4.69) is 38.5 Å². The Balaban J connectivity index is 0.555. The van der Waals surface area contributed by atoms with E-state index in [0.717, 1.165) is 34.2 Å². The molecule has 2 aromatic carbocycles. The average molecular weight is 1780 g/mol. The molecule has 702 valence electrons. The fourth-order valence-electron chi connectivity index (χ4n) is 17.4. The molecule has 0 spiro atoms. The standard InChI is InChI=1S/C94H137N9O24/c1-60-17-13-12-14-18-61(2)79(113-9)55-73-25-20-62(3)88(108)94(112,127-73)92(110)102-31-16-15-19-75(102)91(109)125-80(56-76(104)63(4)50-66(7)86(107)87(115-11)85(106)65(6)49-60)64(5)51-68-22-26-78(81(53-68)114-10)126-93(111)96-30-34-117-36-38-119-40-42-121-44-46-123-48-47-122-45-43-120-41-39-118-37-35-116-33-29-82(105)101-32-28-70-52-69(21-23-72(70)58-101)57-103-90-83(89(95)97-59-98-90)84(100-103)71-24-27-77-74(54-71)99-67(8)124-77/h12-14,17-18,21,23-24,27,50,52,54,59-60,62-65,68,73,75-76,78-81,86-87,104,107,112H,15-16,19-20,22,25-26,28-49,51,53,55-58H2,1-11H3,(H,96,111)(H2,95,97,98)/b14-12+,17-13+,61-18+,66-50+/t60-,62-,63-,64-,65-,68+,73+,75+,76-,78-,79+,80+,81-,86-,87+,94?/m1/s1. The van der Waals surface area contributed by atoms with Gasteiger partial charge in [-0.3, -0.25) is 19.2 Å². The Labute approximate surface area is 745 Å². The van der Waals surface area contributed by atoms with E-state index in [4.69, 9.17) is 81.6 Å². The molecule has 7 heterocycles. The number of hydrogen-bond acceptors (Lipinski definition) is 29. The van der Waals surface area contributed by atoms with Crippen LogP contribution in [0.5, 0.6) is 0 Å². The number of ether oxygens (including phenoxy) is 14. The number of benzene rings is 2. The zero-order valence-electron chi connectivity index (χ0n) is 76.0. The first-order chi connectivity index (χ1) is 61.3. The van der Waals surface area contributed by atoms with E-state index in [1.54, 1.807) is 41.1 Å². The second kappa shape index (κ2) is 51.3. The predicted molar refractivity (Wildman–Crippen MR) is 472 cm³/mol. The van der Waals surface area contributed by atoms with Crippen molar-refractivity contribution in [2.45, 2.75) is 219 Å². The summed E-state index contributed by atoms with van der Waals surface area (Å²) in [6.07, 6.45) is 10.9. The molecule has 5 aromatic rings. The Bertz CT molecular complexity index is 4460. The number of nitrogens with two attached hydrogens (primary N) is 1. The summed E-state index contributed by atoms with van der Waals surface area (Å²) in [5.74, 6) is -6.99. The van der Waals surface area contributed by atoms with Gasteiger partial charge in [-0.1, -0.05) is 89.3 Å². The third-order valence-electron chi connectivity index (χ3n) is 24.6. The van der Waals surface area contributed by atoms with Crippen molar-refractivity contribution in [3.8, 4) is 11.3 Å². The summed E-state index contributed by atoms with van der Waals surface area (Å²) in [4.78, 5) is 101. The molecule has 33 heteroatoms. The fraction of sp³-hybridized carbons (Fsp3) is 0.660. The van der Waals surface area contributed by atoms with Gasteiger partial charge in [0.1, 0.15) is 53.8 Å². The Hall–Kier alpha value is -8.36. The first-order valence-electron chi connectivity index (χ1n) is 45.2. The molecule has 10 rings (SSSR count). The number of alkyl carbamates (subject to hydrolysis) is 1. The topological polar surface area (TPSA) is 406 Å². The van der Waals surface area contributed by atoms with Gasteiger partial charge in [-0.25, -0.2) is 29.2 Å². The summed E-state index contributed by atoms with van der Waals surface area (Å²) in [5, 5.41) is 44.6. The van der Waals surface area contributed by atoms with Crippen LogP contribution in [0.1, 0.15) is 155 Å². The van der Waals surface area contributed by atoms with E-state index in [0.29, 0.717) is 216 Å².